The molecule has 112 valence electrons. The minimum atomic E-state index is -3.53. The van der Waals surface area contributed by atoms with E-state index >= 15 is 0 Å². The quantitative estimate of drug-likeness (QED) is 0.832. The Labute approximate surface area is 124 Å². The van der Waals surface area contributed by atoms with Crippen LogP contribution >= 0.6 is 0 Å². The molecule has 2 aromatic rings. The summed E-state index contributed by atoms with van der Waals surface area (Å²) >= 11 is 0. The highest BCUT2D eigenvalue weighted by molar-refractivity contribution is 7.89. The van der Waals surface area contributed by atoms with Crippen LogP contribution < -0.4 is 15.2 Å². The number of hydrogen-bond donors (Lipinski definition) is 2. The van der Waals surface area contributed by atoms with Crippen molar-refractivity contribution in [2.45, 2.75) is 18.2 Å². The lowest BCUT2D eigenvalue weighted by Crippen LogP contribution is -2.18. The Morgan fingerprint density at radius 2 is 1.81 bits per heavy atom. The van der Waals surface area contributed by atoms with Crippen molar-refractivity contribution in [3.8, 4) is 11.5 Å². The summed E-state index contributed by atoms with van der Waals surface area (Å²) in [4.78, 5) is 0.111. The number of hydrogen-bond acceptors (Lipinski definition) is 4. The Hall–Kier alpha value is -2.05. The van der Waals surface area contributed by atoms with Gasteiger partial charge in [-0.05, 0) is 43.3 Å². The van der Waals surface area contributed by atoms with Crippen molar-refractivity contribution in [2.75, 3.05) is 12.8 Å². The molecule has 2 aromatic carbocycles. The van der Waals surface area contributed by atoms with Gasteiger partial charge in [0.2, 0.25) is 10.0 Å². The molecular weight excluding hydrogens is 288 g/mol. The first kappa shape index (κ1) is 15.3. The maximum Gasteiger partial charge on any atom is 0.240 e. The summed E-state index contributed by atoms with van der Waals surface area (Å²) in [5, 5.41) is 0. The zero-order valence-corrected chi connectivity index (χ0v) is 12.8. The average Bonchev–Trinajstić information content (AvgIpc) is 2.50. The van der Waals surface area contributed by atoms with Crippen molar-refractivity contribution in [3.63, 3.8) is 0 Å². The van der Waals surface area contributed by atoms with Crippen LogP contribution in [0.4, 0.5) is 5.69 Å². The van der Waals surface area contributed by atoms with Crippen molar-refractivity contribution < 1.29 is 13.2 Å². The third-order valence-corrected chi connectivity index (χ3v) is 4.54. The van der Waals surface area contributed by atoms with Gasteiger partial charge in [-0.3, -0.25) is 0 Å². The van der Waals surface area contributed by atoms with Crippen LogP contribution in [0.5, 0.6) is 11.5 Å². The van der Waals surface area contributed by atoms with Crippen LogP contribution in [0.25, 0.3) is 0 Å². The second-order valence-electron chi connectivity index (χ2n) is 4.51. The Balaban J connectivity index is 2.32. The molecule has 0 bridgehead atoms. The van der Waals surface area contributed by atoms with Crippen LogP contribution in [0, 0.1) is 0 Å². The van der Waals surface area contributed by atoms with Gasteiger partial charge in [-0.25, -0.2) is 13.1 Å². The lowest BCUT2D eigenvalue weighted by atomic mass is 10.2. The third-order valence-electron chi connectivity index (χ3n) is 3.12. The highest BCUT2D eigenvalue weighted by atomic mass is 32.2. The first-order chi connectivity index (χ1) is 9.96. The van der Waals surface area contributed by atoms with Gasteiger partial charge in [-0.1, -0.05) is 19.1 Å². The summed E-state index contributed by atoms with van der Waals surface area (Å²) in [6.07, 6.45) is 0.943. The number of ether oxygens (including phenoxy) is 1. The topological polar surface area (TPSA) is 81.4 Å². The summed E-state index contributed by atoms with van der Waals surface area (Å²) in [6.45, 7) is 2.07. The molecule has 2 rings (SSSR count). The average molecular weight is 306 g/mol. The summed E-state index contributed by atoms with van der Waals surface area (Å²) in [5.41, 5.74) is 7.41. The Morgan fingerprint density at radius 3 is 2.38 bits per heavy atom. The van der Waals surface area contributed by atoms with Crippen LogP contribution in [0.2, 0.25) is 0 Å². The van der Waals surface area contributed by atoms with Crippen LogP contribution in [0.1, 0.15) is 12.5 Å². The Kier molecular flexibility index (Phi) is 4.50. The zero-order chi connectivity index (χ0) is 15.5. The van der Waals surface area contributed by atoms with Crippen LogP contribution in [-0.4, -0.2) is 15.5 Å². The standard InChI is InChI=1S/C15H18N2O3S/c1-3-11-4-6-12(7-5-11)20-15-10-13(8-9-14(15)16)21(18,19)17-2/h4-10,17H,3,16H2,1-2H3. The second kappa shape index (κ2) is 6.15. The minimum Gasteiger partial charge on any atom is -0.455 e. The molecule has 0 aliphatic carbocycles. The molecule has 6 heteroatoms. The highest BCUT2D eigenvalue weighted by Gasteiger charge is 2.14. The van der Waals surface area contributed by atoms with Gasteiger partial charge in [0.15, 0.2) is 5.75 Å². The fourth-order valence-corrected chi connectivity index (χ4v) is 2.55. The van der Waals surface area contributed by atoms with E-state index in [4.69, 9.17) is 10.5 Å². The number of benzene rings is 2. The molecule has 0 radical (unpaired) electrons. The van der Waals surface area contributed by atoms with Gasteiger partial charge in [0.1, 0.15) is 5.75 Å². The van der Waals surface area contributed by atoms with Gasteiger partial charge < -0.3 is 10.5 Å². The number of nitrogens with two attached hydrogens (primary N) is 1. The molecule has 0 saturated carbocycles. The van der Waals surface area contributed by atoms with Crippen LogP contribution in [0.15, 0.2) is 47.4 Å². The third kappa shape index (κ3) is 3.53. The molecule has 0 aliphatic rings. The first-order valence-corrected chi connectivity index (χ1v) is 8.04. The number of rotatable bonds is 5. The molecule has 0 saturated heterocycles. The van der Waals surface area contributed by atoms with Gasteiger partial charge >= 0.3 is 0 Å². The van der Waals surface area contributed by atoms with E-state index in [0.29, 0.717) is 17.2 Å². The SMILES string of the molecule is CCc1ccc(Oc2cc(S(=O)(=O)NC)ccc2N)cc1. The maximum atomic E-state index is 11.8. The number of nitrogens with one attached hydrogen (secondary N) is 1. The predicted molar refractivity (Wildman–Crippen MR) is 83.0 cm³/mol. The fourth-order valence-electron chi connectivity index (χ4n) is 1.81. The maximum absolute atomic E-state index is 11.8. The molecule has 0 aliphatic heterocycles. The van der Waals surface area contributed by atoms with Gasteiger partial charge in [0.25, 0.3) is 0 Å². The smallest absolute Gasteiger partial charge is 0.240 e. The molecule has 0 unspecified atom stereocenters. The summed E-state index contributed by atoms with van der Waals surface area (Å²) in [6, 6.07) is 11.9. The fraction of sp³-hybridized carbons (Fsp3) is 0.200. The Bertz CT molecular complexity index is 725. The Morgan fingerprint density at radius 1 is 1.14 bits per heavy atom. The van der Waals surface area contributed by atoms with E-state index in [9.17, 15) is 8.42 Å². The molecule has 0 fully saturated rings. The lowest BCUT2D eigenvalue weighted by molar-refractivity contribution is 0.483. The van der Waals surface area contributed by atoms with E-state index in [2.05, 4.69) is 11.6 Å². The van der Waals surface area contributed by atoms with Crippen molar-refractivity contribution in [3.05, 3.63) is 48.0 Å². The molecule has 0 amide bonds. The molecule has 0 atom stereocenters. The molecule has 3 N–H and O–H groups in total. The molecule has 0 heterocycles. The van der Waals surface area contributed by atoms with Crippen molar-refractivity contribution in [2.24, 2.45) is 0 Å². The van der Waals surface area contributed by atoms with Gasteiger partial charge in [0, 0.05) is 6.07 Å². The van der Waals surface area contributed by atoms with Gasteiger partial charge in [-0.2, -0.15) is 0 Å². The molecular formula is C15H18N2O3S. The molecule has 0 spiro atoms. The molecule has 0 aromatic heterocycles. The van der Waals surface area contributed by atoms with E-state index in [1.807, 2.05) is 24.3 Å². The number of sulfonamides is 1. The lowest BCUT2D eigenvalue weighted by Gasteiger charge is -2.11. The second-order valence-corrected chi connectivity index (χ2v) is 6.39. The number of nitrogen functional groups attached to an aromatic ring is 1. The highest BCUT2D eigenvalue weighted by Crippen LogP contribution is 2.30. The van der Waals surface area contributed by atoms with E-state index in [1.54, 1.807) is 0 Å². The minimum absolute atomic E-state index is 0.111. The van der Waals surface area contributed by atoms with E-state index in [-0.39, 0.29) is 4.90 Å². The van der Waals surface area contributed by atoms with E-state index in [0.717, 1.165) is 6.42 Å². The monoisotopic (exact) mass is 306 g/mol. The van der Waals surface area contributed by atoms with Crippen molar-refractivity contribution in [1.29, 1.82) is 0 Å². The van der Waals surface area contributed by atoms with E-state index in [1.165, 1.54) is 30.8 Å². The summed E-state index contributed by atoms with van der Waals surface area (Å²) < 4.78 is 31.5. The van der Waals surface area contributed by atoms with Gasteiger partial charge in [-0.15, -0.1) is 0 Å². The van der Waals surface area contributed by atoms with Crippen molar-refractivity contribution >= 4 is 15.7 Å². The number of anilines is 1. The van der Waals surface area contributed by atoms with E-state index < -0.39 is 10.0 Å². The summed E-state index contributed by atoms with van der Waals surface area (Å²) in [7, 11) is -2.17. The normalized spacial score (nSPS) is 11.3. The summed E-state index contributed by atoms with van der Waals surface area (Å²) in [5.74, 6) is 0.925. The van der Waals surface area contributed by atoms with Crippen LogP contribution in [-0.2, 0) is 16.4 Å². The zero-order valence-electron chi connectivity index (χ0n) is 12.0. The van der Waals surface area contributed by atoms with Gasteiger partial charge in [0.05, 0.1) is 10.6 Å². The van der Waals surface area contributed by atoms with Crippen LogP contribution in [0.3, 0.4) is 0 Å². The molecule has 5 nitrogen and oxygen atoms in total. The number of aryl methyl sites for hydroxylation is 1. The first-order valence-electron chi connectivity index (χ1n) is 6.56. The predicted octanol–water partition coefficient (Wildman–Crippen LogP) is 2.53. The molecule has 21 heavy (non-hydrogen) atoms. The van der Waals surface area contributed by atoms with Crippen molar-refractivity contribution in [1.82, 2.24) is 4.72 Å². The largest absolute Gasteiger partial charge is 0.455 e.